The third-order valence-electron chi connectivity index (χ3n) is 7.90. The molecule has 4 aromatic rings. The Hall–Kier alpha value is -3.22. The monoisotopic (exact) mass is 982 g/mol. The van der Waals surface area contributed by atoms with E-state index in [0.29, 0.717) is 42.0 Å². The number of nitrogens with one attached hydrogen (secondary N) is 1. The molecular formula is C42H53Br3N2O10. The lowest BCUT2D eigenvalue weighted by Crippen LogP contribution is -2.43. The first-order valence-corrected chi connectivity index (χ1v) is 20.1. The van der Waals surface area contributed by atoms with Gasteiger partial charge in [-0.3, -0.25) is 0 Å². The highest BCUT2D eigenvalue weighted by atomic mass is 79.9. The number of anilines is 1. The average molecular weight is 986 g/mol. The third kappa shape index (κ3) is 18.9. The fourth-order valence-corrected chi connectivity index (χ4v) is 7.20. The highest BCUT2D eigenvalue weighted by Crippen LogP contribution is 2.22. The summed E-state index contributed by atoms with van der Waals surface area (Å²) in [7, 11) is 9.40. The lowest BCUT2D eigenvalue weighted by atomic mass is 10.1. The topological polar surface area (TPSA) is 145 Å². The van der Waals surface area contributed by atoms with Gasteiger partial charge in [0, 0.05) is 73.7 Å². The smallest absolute Gasteiger partial charge is 0.337 e. The van der Waals surface area contributed by atoms with Crippen LogP contribution in [0.2, 0.25) is 0 Å². The summed E-state index contributed by atoms with van der Waals surface area (Å²) in [5.74, 6) is -0.997. The number of methoxy groups -OCH3 is 6. The first-order valence-electron chi connectivity index (χ1n) is 17.7. The summed E-state index contributed by atoms with van der Waals surface area (Å²) in [6.45, 7) is 6.80. The van der Waals surface area contributed by atoms with Crippen LogP contribution in [-0.4, -0.2) is 91.0 Å². The predicted molar refractivity (Wildman–Crippen MR) is 231 cm³/mol. The van der Waals surface area contributed by atoms with E-state index < -0.39 is 11.9 Å². The quantitative estimate of drug-likeness (QED) is 0.114. The number of rotatable bonds is 13. The van der Waals surface area contributed by atoms with Crippen molar-refractivity contribution in [1.82, 2.24) is 5.32 Å². The molecule has 1 aliphatic heterocycles. The molecule has 1 aliphatic rings. The van der Waals surface area contributed by atoms with Crippen molar-refractivity contribution in [3.8, 4) is 0 Å². The van der Waals surface area contributed by atoms with Crippen LogP contribution in [0, 0.1) is 0 Å². The van der Waals surface area contributed by atoms with Gasteiger partial charge in [-0.15, -0.1) is 0 Å². The normalized spacial score (nSPS) is 11.9. The van der Waals surface area contributed by atoms with Crippen molar-refractivity contribution in [3.05, 3.63) is 131 Å². The van der Waals surface area contributed by atoms with E-state index in [2.05, 4.69) is 91.7 Å². The van der Waals surface area contributed by atoms with Gasteiger partial charge in [0.2, 0.25) is 0 Å². The number of halogens is 3. The number of carbonyl (C=O) groups is 2. The number of aliphatic hydroxyl groups excluding tert-OH is 2. The Morgan fingerprint density at radius 1 is 0.526 bits per heavy atom. The van der Waals surface area contributed by atoms with E-state index in [0.717, 1.165) is 57.4 Å². The third-order valence-corrected chi connectivity index (χ3v) is 9.28. The Morgan fingerprint density at radius 2 is 0.860 bits per heavy atom. The van der Waals surface area contributed by atoms with E-state index >= 15 is 0 Å². The molecule has 0 bridgehead atoms. The molecule has 0 saturated carbocycles. The Kier molecular flexibility index (Phi) is 24.7. The predicted octanol–water partition coefficient (Wildman–Crippen LogP) is 7.59. The van der Waals surface area contributed by atoms with Gasteiger partial charge in [-0.05, 0) is 88.0 Å². The van der Waals surface area contributed by atoms with Crippen LogP contribution in [0.25, 0.3) is 0 Å². The van der Waals surface area contributed by atoms with Gasteiger partial charge in [-0.25, -0.2) is 9.59 Å². The number of piperazine rings is 1. The van der Waals surface area contributed by atoms with Gasteiger partial charge in [-0.1, -0.05) is 66.0 Å². The molecule has 15 heteroatoms. The molecule has 0 aromatic heterocycles. The largest absolute Gasteiger partial charge is 0.465 e. The number of hydrogen-bond acceptors (Lipinski definition) is 12. The van der Waals surface area contributed by atoms with Crippen LogP contribution >= 0.6 is 47.8 Å². The molecule has 12 nitrogen and oxygen atoms in total. The van der Waals surface area contributed by atoms with Crippen LogP contribution < -0.4 is 10.2 Å². The van der Waals surface area contributed by atoms with Crippen LogP contribution in [0.3, 0.4) is 0 Å². The van der Waals surface area contributed by atoms with Gasteiger partial charge < -0.3 is 48.9 Å². The Balaban J connectivity index is 0.000000267. The standard InChI is InChI=1S/C14H22N2O2.C10H9BrO4.C10H13BrO2.C8H9BrO2/c1-17-10-12-7-13(11-18-2)9-14(8-12)16-5-3-15-4-6-16;1-14-9(12)6-3-7(10(13)15-2)5-8(11)4-6;1-12-6-8-3-9(7-13-2)5-10(11)4-8;9-8-2-6(4-10)1-7(3-8)5-11/h7-9,15H,3-6,10-11H2,1-2H3;3-5H,1-2H3;3-5H,6-7H2,1-2H3;1-3,10-11H,4-5H2. The Labute approximate surface area is 361 Å². The summed E-state index contributed by atoms with van der Waals surface area (Å²) in [5.41, 5.74) is 8.22. The number of hydrogen-bond donors (Lipinski definition) is 3. The molecule has 0 radical (unpaired) electrons. The minimum atomic E-state index is -0.499. The summed E-state index contributed by atoms with van der Waals surface area (Å²) >= 11 is 9.91. The maximum absolute atomic E-state index is 11.2. The first-order chi connectivity index (χ1) is 27.4. The SMILES string of the molecule is COC(=O)c1cc(Br)cc(C(=O)OC)c1.COCc1cc(Br)cc(COC)c1.COCc1cc(COC)cc(N2CCNCC2)c1.OCc1cc(Br)cc(CO)c1. The maximum Gasteiger partial charge on any atom is 0.337 e. The van der Waals surface area contributed by atoms with Gasteiger partial charge in [0.15, 0.2) is 0 Å². The molecule has 3 N–H and O–H groups in total. The fourth-order valence-electron chi connectivity index (χ4n) is 5.53. The average Bonchev–Trinajstić information content (AvgIpc) is 3.21. The number of aliphatic hydroxyl groups is 2. The Bertz CT molecular complexity index is 1720. The molecule has 1 fully saturated rings. The van der Waals surface area contributed by atoms with Crippen molar-refractivity contribution in [1.29, 1.82) is 0 Å². The van der Waals surface area contributed by atoms with Crippen molar-refractivity contribution >= 4 is 65.4 Å². The highest BCUT2D eigenvalue weighted by Gasteiger charge is 2.14. The number of carbonyl (C=O) groups excluding carboxylic acids is 2. The number of ether oxygens (including phenoxy) is 6. The van der Waals surface area contributed by atoms with Crippen molar-refractivity contribution in [2.75, 3.05) is 73.7 Å². The summed E-state index contributed by atoms with van der Waals surface area (Å²) in [4.78, 5) is 24.9. The lowest BCUT2D eigenvalue weighted by Gasteiger charge is -2.30. The highest BCUT2D eigenvalue weighted by molar-refractivity contribution is 9.11. The van der Waals surface area contributed by atoms with E-state index in [1.165, 1.54) is 37.1 Å². The second-order valence-corrected chi connectivity index (χ2v) is 15.2. The number of nitrogens with zero attached hydrogens (tertiary/aromatic N) is 1. The van der Waals surface area contributed by atoms with Gasteiger partial charge in [0.05, 0.1) is 65.0 Å². The minimum absolute atomic E-state index is 0.00639. The van der Waals surface area contributed by atoms with Crippen LogP contribution in [0.4, 0.5) is 5.69 Å². The number of benzene rings is 4. The van der Waals surface area contributed by atoms with Crippen LogP contribution in [0.5, 0.6) is 0 Å². The minimum Gasteiger partial charge on any atom is -0.465 e. The lowest BCUT2D eigenvalue weighted by molar-refractivity contribution is 0.0599. The van der Waals surface area contributed by atoms with Crippen molar-refractivity contribution in [2.24, 2.45) is 0 Å². The van der Waals surface area contributed by atoms with E-state index in [-0.39, 0.29) is 13.2 Å². The van der Waals surface area contributed by atoms with Crippen molar-refractivity contribution in [3.63, 3.8) is 0 Å². The second-order valence-electron chi connectivity index (χ2n) is 12.4. The Morgan fingerprint density at radius 3 is 1.21 bits per heavy atom. The molecule has 5 rings (SSSR count). The van der Waals surface area contributed by atoms with Crippen LogP contribution in [0.1, 0.15) is 54.1 Å². The molecule has 0 amide bonds. The van der Waals surface area contributed by atoms with Crippen LogP contribution in [-0.2, 0) is 68.1 Å². The summed E-state index contributed by atoms with van der Waals surface area (Å²) in [6, 6.07) is 22.7. The van der Waals surface area contributed by atoms with Crippen molar-refractivity contribution < 1.29 is 48.2 Å². The van der Waals surface area contributed by atoms with Gasteiger partial charge in [0.1, 0.15) is 0 Å². The van der Waals surface area contributed by atoms with Gasteiger partial charge in [0.25, 0.3) is 0 Å². The molecule has 0 unspecified atom stereocenters. The van der Waals surface area contributed by atoms with Crippen molar-refractivity contribution in [2.45, 2.75) is 39.6 Å². The molecule has 312 valence electrons. The fraction of sp³-hybridized carbons (Fsp3) is 0.381. The van der Waals surface area contributed by atoms with Crippen LogP contribution in [0.15, 0.2) is 86.2 Å². The van der Waals surface area contributed by atoms with Gasteiger partial charge >= 0.3 is 11.9 Å². The zero-order valence-corrected chi connectivity index (χ0v) is 38.0. The molecule has 0 aliphatic carbocycles. The zero-order chi connectivity index (χ0) is 42.2. The molecule has 0 spiro atoms. The molecule has 4 aromatic carbocycles. The molecule has 1 heterocycles. The maximum atomic E-state index is 11.2. The van der Waals surface area contributed by atoms with E-state index in [1.807, 2.05) is 24.3 Å². The molecular weight excluding hydrogens is 932 g/mol. The summed E-state index contributed by atoms with van der Waals surface area (Å²) in [5, 5.41) is 20.9. The molecule has 57 heavy (non-hydrogen) atoms. The second kappa shape index (κ2) is 28.2. The number of esters is 2. The van der Waals surface area contributed by atoms with Gasteiger partial charge in [-0.2, -0.15) is 0 Å². The molecule has 1 saturated heterocycles. The molecule has 0 atom stereocenters. The van der Waals surface area contributed by atoms with E-state index in [1.54, 1.807) is 46.6 Å². The van der Waals surface area contributed by atoms with E-state index in [9.17, 15) is 9.59 Å². The van der Waals surface area contributed by atoms with E-state index in [4.69, 9.17) is 29.2 Å². The summed E-state index contributed by atoms with van der Waals surface area (Å²) < 4.78 is 32.2. The summed E-state index contributed by atoms with van der Waals surface area (Å²) in [6.07, 6.45) is 0. The first kappa shape index (κ1) is 49.9. The zero-order valence-electron chi connectivity index (χ0n) is 33.2.